The van der Waals surface area contributed by atoms with E-state index in [-0.39, 0.29) is 69.9 Å². The number of hydrogen-bond donors (Lipinski definition) is 11. The number of nitrogens with one attached hydrogen (secondary N) is 8. The number of aromatic amines is 1. The van der Waals surface area contributed by atoms with Gasteiger partial charge in [0.25, 0.3) is 0 Å². The molecule has 0 aliphatic carbocycles. The summed E-state index contributed by atoms with van der Waals surface area (Å²) in [5.41, 5.74) is 17.9. The minimum Gasteiger partial charge on any atom is -0.370 e. The number of aliphatic imine (C=N–C) groups is 1. The van der Waals surface area contributed by atoms with E-state index >= 15 is 0 Å². The van der Waals surface area contributed by atoms with Crippen LogP contribution in [0.4, 0.5) is 0 Å². The highest BCUT2D eigenvalue weighted by atomic mass is 32.2. The van der Waals surface area contributed by atoms with Crippen LogP contribution < -0.4 is 54.4 Å². The predicted octanol–water partition coefficient (Wildman–Crippen LogP) is -2.51. The van der Waals surface area contributed by atoms with E-state index in [0.29, 0.717) is 42.7 Å². The Bertz CT molecular complexity index is 2070. The predicted molar refractivity (Wildman–Crippen MR) is 253 cm³/mol. The molecule has 2 saturated heterocycles. The highest BCUT2D eigenvalue weighted by Crippen LogP contribution is 2.20. The Labute approximate surface area is 399 Å². The lowest BCUT2D eigenvalue weighted by molar-refractivity contribution is -0.143. The van der Waals surface area contributed by atoms with E-state index in [1.165, 1.54) is 36.1 Å². The first-order valence-corrected chi connectivity index (χ1v) is 24.0. The molecule has 23 nitrogen and oxygen atoms in total. The van der Waals surface area contributed by atoms with Crippen LogP contribution in [0.3, 0.4) is 0 Å². The minimum absolute atomic E-state index is 0.0227. The lowest BCUT2D eigenvalue weighted by Gasteiger charge is -2.37. The zero-order valence-corrected chi connectivity index (χ0v) is 39.4. The topological polar surface area (TPSA) is 360 Å². The van der Waals surface area contributed by atoms with E-state index in [0.717, 1.165) is 0 Å². The molecule has 24 heteroatoms. The number of carbonyl (C=O) groups excluding carboxylic acids is 9. The summed E-state index contributed by atoms with van der Waals surface area (Å²) < 4.78 is 0. The molecule has 372 valence electrons. The first-order chi connectivity index (χ1) is 32.6. The lowest BCUT2D eigenvalue weighted by atomic mass is 10.0. The Morgan fingerprint density at radius 2 is 1.60 bits per heavy atom. The number of rotatable bonds is 15. The molecule has 2 fully saturated rings. The number of primary amides is 1. The smallest absolute Gasteiger partial charge is 0.245 e. The molecule has 1 aromatic heterocycles. The average molecular weight is 967 g/mol. The third-order valence-electron chi connectivity index (χ3n) is 11.3. The van der Waals surface area contributed by atoms with Crippen molar-refractivity contribution in [1.29, 1.82) is 0 Å². The molecule has 68 heavy (non-hydrogen) atoms. The number of thioether (sulfide) groups is 1. The van der Waals surface area contributed by atoms with Crippen molar-refractivity contribution in [2.45, 2.75) is 127 Å². The molecule has 2 aliphatic heterocycles. The number of aromatic nitrogens is 2. The van der Waals surface area contributed by atoms with Crippen molar-refractivity contribution in [1.82, 2.24) is 52.1 Å². The number of guanidine groups is 1. The monoisotopic (exact) mass is 966 g/mol. The average Bonchev–Trinajstić information content (AvgIpc) is 3.82. The molecular weight excluding hydrogens is 901 g/mol. The number of nitrogens with zero attached hydrogens (tertiary/aromatic N) is 3. The number of fused-ring (bicyclic) bond motifs is 1. The van der Waals surface area contributed by atoms with Gasteiger partial charge in [-0.2, -0.15) is 11.8 Å². The van der Waals surface area contributed by atoms with Crippen LogP contribution in [0.15, 0.2) is 47.8 Å². The molecule has 0 spiro atoms. The van der Waals surface area contributed by atoms with Gasteiger partial charge in [-0.1, -0.05) is 50.1 Å². The molecule has 0 saturated carbocycles. The second-order valence-corrected chi connectivity index (χ2v) is 17.8. The summed E-state index contributed by atoms with van der Waals surface area (Å²) in [6.45, 7) is 3.47. The van der Waals surface area contributed by atoms with Gasteiger partial charge in [-0.05, 0) is 44.1 Å². The van der Waals surface area contributed by atoms with Crippen LogP contribution in [-0.4, -0.2) is 147 Å². The standard InChI is InChI=1S/C44H66N14O9S/c1-3-4-13-30(52-26(2)59)38(62)57-34-22-36(60)49-16-9-8-14-29(37(45)61)53-42(66)35-24-68-19-18-58(35)43(67)31(15-10-17-50-44(46)47)54-39(63)32(20-27-11-6-5-7-12-27)55-40(64)33(56-41(34)65)21-28-23-48-25-51-28/h5-7,11-12,23,25,29-35H,3-4,8-10,13-22,24H2,1-2H3,(H2,45,61)(H,48,51)(H,49,60)(H,52,59)(H,53,66)(H,54,63)(H,55,64)(H,56,65)(H,57,62)(H4,46,47,50)/t29-,30+,31+,32+,33+,34+,35-/m1/s1. The summed E-state index contributed by atoms with van der Waals surface area (Å²) in [6.07, 6.45) is 4.46. The van der Waals surface area contributed by atoms with Crippen LogP contribution in [0.1, 0.15) is 82.9 Å². The molecule has 2 aromatic rings. The summed E-state index contributed by atoms with van der Waals surface area (Å²) in [6, 6.07) is -0.0311. The Morgan fingerprint density at radius 3 is 2.26 bits per heavy atom. The van der Waals surface area contributed by atoms with Crippen LogP contribution >= 0.6 is 11.8 Å². The molecule has 3 heterocycles. The molecule has 1 aromatic carbocycles. The second-order valence-electron chi connectivity index (χ2n) is 16.7. The number of benzene rings is 1. The summed E-state index contributed by atoms with van der Waals surface area (Å²) in [4.78, 5) is 136. The summed E-state index contributed by atoms with van der Waals surface area (Å²) in [5.74, 6) is -5.92. The highest BCUT2D eigenvalue weighted by Gasteiger charge is 2.39. The lowest BCUT2D eigenvalue weighted by Crippen LogP contribution is -2.62. The highest BCUT2D eigenvalue weighted by molar-refractivity contribution is 7.99. The van der Waals surface area contributed by atoms with E-state index < -0.39 is 102 Å². The van der Waals surface area contributed by atoms with Crippen molar-refractivity contribution in [2.75, 3.05) is 31.1 Å². The Morgan fingerprint density at radius 1 is 0.897 bits per heavy atom. The van der Waals surface area contributed by atoms with Gasteiger partial charge in [0.1, 0.15) is 42.3 Å². The number of nitrogens with two attached hydrogens (primary N) is 3. The van der Waals surface area contributed by atoms with Gasteiger partial charge in [-0.3, -0.25) is 48.1 Å². The molecule has 4 rings (SSSR count). The number of unbranched alkanes of at least 4 members (excludes halogenated alkanes) is 1. The SMILES string of the molecule is CCCC[C@H](NC(C)=O)C(=O)N[C@H]1CC(=O)NCCCC[C@H](C(N)=O)NC(=O)[C@H]2CSCCN2C(=O)[C@H](CCCN=C(N)N)NC(=O)[C@H](Cc2ccccc2)NC(=O)[C@H](Cc2cnc[nH]2)NC1=O. The maximum absolute atomic E-state index is 14.6. The third-order valence-corrected chi connectivity index (χ3v) is 12.3. The third kappa shape index (κ3) is 17.8. The van der Waals surface area contributed by atoms with Crippen molar-refractivity contribution >= 4 is 70.9 Å². The summed E-state index contributed by atoms with van der Waals surface area (Å²) >= 11 is 1.43. The van der Waals surface area contributed by atoms with Gasteiger partial charge >= 0.3 is 0 Å². The normalized spacial score (nSPS) is 23.2. The zero-order valence-electron chi connectivity index (χ0n) is 38.6. The minimum atomic E-state index is -1.56. The molecular formula is C44H66N14O9S. The van der Waals surface area contributed by atoms with Crippen LogP contribution in [0.2, 0.25) is 0 Å². The fourth-order valence-electron chi connectivity index (χ4n) is 7.66. The summed E-state index contributed by atoms with van der Waals surface area (Å²) in [5, 5.41) is 18.8. The van der Waals surface area contributed by atoms with E-state index in [1.54, 1.807) is 30.3 Å². The summed E-state index contributed by atoms with van der Waals surface area (Å²) in [7, 11) is 0. The Balaban J connectivity index is 1.77. The van der Waals surface area contributed by atoms with Crippen LogP contribution in [0.25, 0.3) is 0 Å². The molecule has 0 radical (unpaired) electrons. The van der Waals surface area contributed by atoms with Crippen LogP contribution in [-0.2, 0) is 56.0 Å². The van der Waals surface area contributed by atoms with Gasteiger partial charge in [0.05, 0.1) is 12.7 Å². The Hall–Kier alpha value is -6.72. The molecule has 7 atom stereocenters. The van der Waals surface area contributed by atoms with Crippen molar-refractivity contribution in [3.63, 3.8) is 0 Å². The van der Waals surface area contributed by atoms with E-state index in [2.05, 4.69) is 52.2 Å². The number of hydrogen-bond acceptors (Lipinski definition) is 12. The number of imidazole rings is 1. The molecule has 9 amide bonds. The first-order valence-electron chi connectivity index (χ1n) is 22.9. The molecule has 0 bridgehead atoms. The van der Waals surface area contributed by atoms with Crippen molar-refractivity contribution in [3.05, 3.63) is 54.1 Å². The van der Waals surface area contributed by atoms with Crippen molar-refractivity contribution in [2.24, 2.45) is 22.2 Å². The molecule has 14 N–H and O–H groups in total. The quantitative estimate of drug-likeness (QED) is 0.0500. The van der Waals surface area contributed by atoms with Crippen molar-refractivity contribution in [3.8, 4) is 0 Å². The maximum Gasteiger partial charge on any atom is 0.245 e. The number of amides is 9. The molecule has 0 unspecified atom stereocenters. The number of H-pyrrole nitrogens is 1. The largest absolute Gasteiger partial charge is 0.370 e. The second kappa shape index (κ2) is 27.8. The fraction of sp³-hybridized carbons (Fsp3) is 0.568. The first kappa shape index (κ1) is 53.9. The van der Waals surface area contributed by atoms with E-state index in [1.807, 2.05) is 6.92 Å². The number of carbonyl (C=O) groups is 9. The van der Waals surface area contributed by atoms with Gasteiger partial charge < -0.3 is 64.3 Å². The maximum atomic E-state index is 14.6. The zero-order chi connectivity index (χ0) is 49.6. The van der Waals surface area contributed by atoms with E-state index in [4.69, 9.17) is 17.2 Å². The van der Waals surface area contributed by atoms with Crippen LogP contribution in [0.5, 0.6) is 0 Å². The van der Waals surface area contributed by atoms with Gasteiger partial charge in [-0.15, -0.1) is 0 Å². The van der Waals surface area contributed by atoms with Gasteiger partial charge in [0.15, 0.2) is 5.96 Å². The van der Waals surface area contributed by atoms with Gasteiger partial charge in [0.2, 0.25) is 53.2 Å². The Kier molecular flexibility index (Phi) is 22.0. The van der Waals surface area contributed by atoms with Crippen molar-refractivity contribution < 1.29 is 43.2 Å². The van der Waals surface area contributed by atoms with Gasteiger partial charge in [0, 0.05) is 62.8 Å². The molecule has 2 aliphatic rings. The fourth-order valence-corrected chi connectivity index (χ4v) is 8.71. The van der Waals surface area contributed by atoms with Gasteiger partial charge in [-0.25, -0.2) is 4.98 Å². The van der Waals surface area contributed by atoms with Crippen LogP contribution in [0, 0.1) is 0 Å². The van der Waals surface area contributed by atoms with E-state index in [9.17, 15) is 43.2 Å².